The molecule has 0 aromatic heterocycles. The van der Waals surface area contributed by atoms with E-state index in [1.165, 1.54) is 0 Å². The van der Waals surface area contributed by atoms with Crippen LogP contribution < -0.4 is 10.6 Å². The average Bonchev–Trinajstić information content (AvgIpc) is 2.30. The molecule has 0 aliphatic heterocycles. The summed E-state index contributed by atoms with van der Waals surface area (Å²) in [5.41, 5.74) is 0.0419. The number of carbonyl (C=O) groups excluding carboxylic acids is 1. The highest BCUT2D eigenvalue weighted by atomic mass is 19.1. The third-order valence-corrected chi connectivity index (χ3v) is 3.17. The number of carbonyl (C=O) groups is 1. The van der Waals surface area contributed by atoms with Gasteiger partial charge in [0.1, 0.15) is 11.6 Å². The van der Waals surface area contributed by atoms with Gasteiger partial charge in [-0.15, -0.1) is 0 Å². The van der Waals surface area contributed by atoms with E-state index >= 15 is 0 Å². The lowest BCUT2D eigenvalue weighted by molar-refractivity contribution is 0.0955. The van der Waals surface area contributed by atoms with E-state index in [4.69, 9.17) is 0 Å². The summed E-state index contributed by atoms with van der Waals surface area (Å²) < 4.78 is 25.9. The smallest absolute Gasteiger partial charge is 0.319 e. The first-order chi connectivity index (χ1) is 9.04. The first-order valence-electron chi connectivity index (χ1n) is 6.26. The second kappa shape index (κ2) is 5.97. The maximum absolute atomic E-state index is 12.9. The van der Waals surface area contributed by atoms with Gasteiger partial charge in [-0.05, 0) is 25.0 Å². The van der Waals surface area contributed by atoms with Crippen molar-refractivity contribution in [1.82, 2.24) is 5.32 Å². The molecule has 0 radical (unpaired) electrons. The molecular weight excluding hydrogens is 254 g/mol. The molecule has 1 aromatic rings. The van der Waals surface area contributed by atoms with Crippen LogP contribution in [0.5, 0.6) is 0 Å². The van der Waals surface area contributed by atoms with Crippen molar-refractivity contribution < 1.29 is 18.7 Å². The number of aliphatic hydroxyl groups is 1. The van der Waals surface area contributed by atoms with Gasteiger partial charge in [0, 0.05) is 11.8 Å². The third-order valence-electron chi connectivity index (χ3n) is 3.17. The lowest BCUT2D eigenvalue weighted by Crippen LogP contribution is -2.46. The first kappa shape index (κ1) is 13.7. The summed E-state index contributed by atoms with van der Waals surface area (Å²) in [6.45, 7) is 0. The summed E-state index contributed by atoms with van der Waals surface area (Å²) in [7, 11) is 0. The molecule has 0 spiro atoms. The van der Waals surface area contributed by atoms with Crippen molar-refractivity contribution in [2.24, 2.45) is 0 Å². The highest BCUT2D eigenvalue weighted by Crippen LogP contribution is 2.18. The predicted molar refractivity (Wildman–Crippen MR) is 66.8 cm³/mol. The van der Waals surface area contributed by atoms with Crippen LogP contribution in [-0.4, -0.2) is 23.3 Å². The molecule has 1 aliphatic rings. The Morgan fingerprint density at radius 1 is 1.16 bits per heavy atom. The first-order valence-corrected chi connectivity index (χ1v) is 6.26. The van der Waals surface area contributed by atoms with E-state index in [-0.39, 0.29) is 11.7 Å². The normalized spacial score (nSPS) is 22.9. The van der Waals surface area contributed by atoms with Gasteiger partial charge in [0.2, 0.25) is 0 Å². The lowest BCUT2D eigenvalue weighted by Gasteiger charge is -2.28. The number of hydrogen-bond donors (Lipinski definition) is 3. The van der Waals surface area contributed by atoms with E-state index in [0.717, 1.165) is 31.0 Å². The number of benzene rings is 1. The minimum Gasteiger partial charge on any atom is -0.391 e. The zero-order valence-electron chi connectivity index (χ0n) is 10.3. The topological polar surface area (TPSA) is 61.4 Å². The van der Waals surface area contributed by atoms with Crippen molar-refractivity contribution in [1.29, 1.82) is 0 Å². The SMILES string of the molecule is O=C(Nc1cc(F)cc(F)c1)NC1CCCCC1O. The van der Waals surface area contributed by atoms with Crippen molar-refractivity contribution >= 4 is 11.7 Å². The fraction of sp³-hybridized carbons (Fsp3) is 0.462. The summed E-state index contributed by atoms with van der Waals surface area (Å²) in [5.74, 6) is -1.51. The maximum atomic E-state index is 12.9. The van der Waals surface area contributed by atoms with Gasteiger partial charge in [-0.1, -0.05) is 12.8 Å². The molecule has 2 atom stereocenters. The van der Waals surface area contributed by atoms with E-state index in [1.807, 2.05) is 0 Å². The van der Waals surface area contributed by atoms with E-state index in [9.17, 15) is 18.7 Å². The van der Waals surface area contributed by atoms with Gasteiger partial charge in [-0.25, -0.2) is 13.6 Å². The molecule has 0 heterocycles. The number of urea groups is 1. The zero-order chi connectivity index (χ0) is 13.8. The molecule has 3 N–H and O–H groups in total. The number of halogens is 2. The highest BCUT2D eigenvalue weighted by Gasteiger charge is 2.24. The summed E-state index contributed by atoms with van der Waals surface area (Å²) in [6, 6.07) is 1.90. The van der Waals surface area contributed by atoms with Crippen LogP contribution in [0.2, 0.25) is 0 Å². The monoisotopic (exact) mass is 270 g/mol. The fourth-order valence-electron chi connectivity index (χ4n) is 2.24. The van der Waals surface area contributed by atoms with Crippen LogP contribution in [-0.2, 0) is 0 Å². The summed E-state index contributed by atoms with van der Waals surface area (Å²) >= 11 is 0. The van der Waals surface area contributed by atoms with Gasteiger partial charge in [0.05, 0.1) is 12.1 Å². The molecule has 19 heavy (non-hydrogen) atoms. The maximum Gasteiger partial charge on any atom is 0.319 e. The third kappa shape index (κ3) is 3.89. The van der Waals surface area contributed by atoms with Crippen LogP contribution >= 0.6 is 0 Å². The Labute approximate surface area is 109 Å². The molecule has 1 fully saturated rings. The quantitative estimate of drug-likeness (QED) is 0.772. The molecule has 1 saturated carbocycles. The molecule has 0 saturated heterocycles. The molecule has 1 aromatic carbocycles. The second-order valence-corrected chi connectivity index (χ2v) is 4.71. The van der Waals surface area contributed by atoms with Crippen LogP contribution in [0.1, 0.15) is 25.7 Å². The van der Waals surface area contributed by atoms with Crippen LogP contribution in [0.15, 0.2) is 18.2 Å². The van der Waals surface area contributed by atoms with Crippen LogP contribution in [0.3, 0.4) is 0 Å². The van der Waals surface area contributed by atoms with Crippen LogP contribution in [0, 0.1) is 11.6 Å². The van der Waals surface area contributed by atoms with Gasteiger partial charge >= 0.3 is 6.03 Å². The average molecular weight is 270 g/mol. The predicted octanol–water partition coefficient (Wildman–Crippen LogP) is 2.39. The molecule has 104 valence electrons. The van der Waals surface area contributed by atoms with E-state index in [0.29, 0.717) is 12.8 Å². The van der Waals surface area contributed by atoms with Crippen LogP contribution in [0.4, 0.5) is 19.3 Å². The van der Waals surface area contributed by atoms with Gasteiger partial charge < -0.3 is 15.7 Å². The molecule has 1 aliphatic carbocycles. The van der Waals surface area contributed by atoms with Crippen LogP contribution in [0.25, 0.3) is 0 Å². The van der Waals surface area contributed by atoms with Crippen molar-refractivity contribution in [2.75, 3.05) is 5.32 Å². The minimum atomic E-state index is -0.756. The Kier molecular flexibility index (Phi) is 4.31. The standard InChI is InChI=1S/C13H16F2N2O2/c14-8-5-9(15)7-10(6-8)16-13(19)17-11-3-1-2-4-12(11)18/h5-7,11-12,18H,1-4H2,(H2,16,17,19). The molecule has 4 nitrogen and oxygen atoms in total. The highest BCUT2D eigenvalue weighted by molar-refractivity contribution is 5.89. The van der Waals surface area contributed by atoms with Gasteiger partial charge in [-0.3, -0.25) is 0 Å². The number of anilines is 1. The molecule has 2 amide bonds. The molecule has 6 heteroatoms. The minimum absolute atomic E-state index is 0.0419. The number of aliphatic hydroxyl groups excluding tert-OH is 1. The van der Waals surface area contributed by atoms with Gasteiger partial charge in [-0.2, -0.15) is 0 Å². The number of amides is 2. The molecule has 2 unspecified atom stereocenters. The molecular formula is C13H16F2N2O2. The Morgan fingerprint density at radius 2 is 1.79 bits per heavy atom. The van der Waals surface area contributed by atoms with E-state index in [2.05, 4.69) is 10.6 Å². The van der Waals surface area contributed by atoms with E-state index in [1.54, 1.807) is 0 Å². The largest absolute Gasteiger partial charge is 0.391 e. The Hall–Kier alpha value is -1.69. The Morgan fingerprint density at radius 3 is 2.42 bits per heavy atom. The molecule has 2 rings (SSSR count). The van der Waals surface area contributed by atoms with Crippen molar-refractivity contribution in [3.05, 3.63) is 29.8 Å². The van der Waals surface area contributed by atoms with Crippen molar-refractivity contribution in [2.45, 2.75) is 37.8 Å². The summed E-state index contributed by atoms with van der Waals surface area (Å²) in [5, 5.41) is 14.7. The Balaban J connectivity index is 1.93. The lowest BCUT2D eigenvalue weighted by atomic mass is 9.93. The summed E-state index contributed by atoms with van der Waals surface area (Å²) in [6.07, 6.45) is 2.67. The van der Waals surface area contributed by atoms with E-state index < -0.39 is 23.8 Å². The van der Waals surface area contributed by atoms with Crippen molar-refractivity contribution in [3.8, 4) is 0 Å². The Bertz CT molecular complexity index is 448. The number of rotatable bonds is 2. The fourth-order valence-corrected chi connectivity index (χ4v) is 2.24. The van der Waals surface area contributed by atoms with Gasteiger partial charge in [0.25, 0.3) is 0 Å². The second-order valence-electron chi connectivity index (χ2n) is 4.71. The number of hydrogen-bond acceptors (Lipinski definition) is 2. The van der Waals surface area contributed by atoms with Gasteiger partial charge in [0.15, 0.2) is 0 Å². The summed E-state index contributed by atoms with van der Waals surface area (Å²) in [4.78, 5) is 11.7. The van der Waals surface area contributed by atoms with Crippen molar-refractivity contribution in [3.63, 3.8) is 0 Å². The number of nitrogens with one attached hydrogen (secondary N) is 2. The zero-order valence-corrected chi connectivity index (χ0v) is 10.3. The molecule has 0 bridgehead atoms.